The van der Waals surface area contributed by atoms with Crippen molar-refractivity contribution in [1.82, 2.24) is 9.88 Å². The second-order valence-electron chi connectivity index (χ2n) is 4.53. The number of ether oxygens (including phenoxy) is 1. The van der Waals surface area contributed by atoms with Crippen LogP contribution in [0.3, 0.4) is 0 Å². The van der Waals surface area contributed by atoms with Gasteiger partial charge in [-0.15, -0.1) is 12.3 Å². The minimum Gasteiger partial charge on any atom is -0.383 e. The zero-order chi connectivity index (χ0) is 13.5. The number of nitrogens with zero attached hydrogens (tertiary/aromatic N) is 1. The van der Waals surface area contributed by atoms with Crippen LogP contribution in [0.25, 0.3) is 10.9 Å². The summed E-state index contributed by atoms with van der Waals surface area (Å²) >= 11 is 0. The van der Waals surface area contributed by atoms with Crippen molar-refractivity contribution in [2.45, 2.75) is 19.5 Å². The lowest BCUT2D eigenvalue weighted by atomic mass is 10.1. The first kappa shape index (κ1) is 13.7. The Kier molecular flexibility index (Phi) is 5.02. The zero-order valence-corrected chi connectivity index (χ0v) is 11.4. The van der Waals surface area contributed by atoms with Crippen molar-refractivity contribution in [3.63, 3.8) is 0 Å². The Morgan fingerprint density at radius 1 is 1.37 bits per heavy atom. The predicted molar refractivity (Wildman–Crippen MR) is 79.0 cm³/mol. The number of hydrogen-bond donors (Lipinski definition) is 1. The van der Waals surface area contributed by atoms with Crippen molar-refractivity contribution in [3.05, 3.63) is 36.0 Å². The Morgan fingerprint density at radius 3 is 3.05 bits per heavy atom. The molecular formula is C16H20N2O. The van der Waals surface area contributed by atoms with Gasteiger partial charge in [-0.2, -0.15) is 0 Å². The molecule has 0 unspecified atom stereocenters. The lowest BCUT2D eigenvalue weighted by Gasteiger charge is -2.07. The van der Waals surface area contributed by atoms with Gasteiger partial charge in [-0.1, -0.05) is 12.1 Å². The number of terminal acetylenes is 1. The summed E-state index contributed by atoms with van der Waals surface area (Å²) in [5.41, 5.74) is 2.53. The highest BCUT2D eigenvalue weighted by atomic mass is 16.5. The van der Waals surface area contributed by atoms with Crippen LogP contribution in [0.2, 0.25) is 0 Å². The highest BCUT2D eigenvalue weighted by molar-refractivity contribution is 5.80. The number of aryl methyl sites for hydroxylation is 1. The first-order valence-electron chi connectivity index (χ1n) is 6.56. The molecule has 0 amide bonds. The third-order valence-electron chi connectivity index (χ3n) is 3.15. The summed E-state index contributed by atoms with van der Waals surface area (Å²) in [6.45, 7) is 3.34. The van der Waals surface area contributed by atoms with Crippen molar-refractivity contribution in [1.29, 1.82) is 0 Å². The Bertz CT molecular complexity index is 566. The van der Waals surface area contributed by atoms with Crippen LogP contribution in [0.15, 0.2) is 30.5 Å². The SMILES string of the molecule is C#CCCn1ccc2ccc(CNCCOC)cc21. The second kappa shape index (κ2) is 6.98. The summed E-state index contributed by atoms with van der Waals surface area (Å²) in [6.07, 6.45) is 8.19. The Morgan fingerprint density at radius 2 is 2.26 bits per heavy atom. The van der Waals surface area contributed by atoms with Crippen LogP contribution in [0.4, 0.5) is 0 Å². The molecule has 0 aliphatic rings. The molecule has 0 atom stereocenters. The van der Waals surface area contributed by atoms with Gasteiger partial charge in [-0.05, 0) is 23.1 Å². The molecule has 0 radical (unpaired) electrons. The van der Waals surface area contributed by atoms with Crippen molar-refractivity contribution in [2.75, 3.05) is 20.3 Å². The lowest BCUT2D eigenvalue weighted by molar-refractivity contribution is 0.199. The quantitative estimate of drug-likeness (QED) is 0.608. The molecule has 0 saturated heterocycles. The van der Waals surface area contributed by atoms with Crippen LogP contribution >= 0.6 is 0 Å². The molecule has 2 rings (SSSR count). The van der Waals surface area contributed by atoms with E-state index < -0.39 is 0 Å². The normalized spacial score (nSPS) is 10.7. The van der Waals surface area contributed by atoms with Crippen LogP contribution in [-0.4, -0.2) is 24.8 Å². The van der Waals surface area contributed by atoms with E-state index in [1.54, 1.807) is 7.11 Å². The van der Waals surface area contributed by atoms with E-state index in [0.717, 1.165) is 32.7 Å². The molecule has 2 aromatic rings. The molecule has 0 aliphatic heterocycles. The van der Waals surface area contributed by atoms with Crippen LogP contribution < -0.4 is 5.32 Å². The maximum absolute atomic E-state index is 5.33. The molecule has 0 aliphatic carbocycles. The van der Waals surface area contributed by atoms with Crippen molar-refractivity contribution in [3.8, 4) is 12.3 Å². The highest BCUT2D eigenvalue weighted by Crippen LogP contribution is 2.18. The van der Waals surface area contributed by atoms with Gasteiger partial charge in [-0.25, -0.2) is 0 Å². The monoisotopic (exact) mass is 256 g/mol. The van der Waals surface area contributed by atoms with E-state index in [0.29, 0.717) is 0 Å². The van der Waals surface area contributed by atoms with Crippen LogP contribution in [-0.2, 0) is 17.8 Å². The summed E-state index contributed by atoms with van der Waals surface area (Å²) in [5, 5.41) is 4.62. The lowest BCUT2D eigenvalue weighted by Crippen LogP contribution is -2.18. The number of aromatic nitrogens is 1. The number of benzene rings is 1. The average molecular weight is 256 g/mol. The molecule has 1 aromatic carbocycles. The summed E-state index contributed by atoms with van der Waals surface area (Å²) < 4.78 is 7.23. The zero-order valence-electron chi connectivity index (χ0n) is 11.4. The molecule has 0 bridgehead atoms. The highest BCUT2D eigenvalue weighted by Gasteiger charge is 2.02. The van der Waals surface area contributed by atoms with E-state index in [2.05, 4.69) is 46.3 Å². The fourth-order valence-corrected chi connectivity index (χ4v) is 2.13. The van der Waals surface area contributed by atoms with E-state index in [9.17, 15) is 0 Å². The predicted octanol–water partition coefficient (Wildman–Crippen LogP) is 2.40. The Labute approximate surface area is 114 Å². The summed E-state index contributed by atoms with van der Waals surface area (Å²) in [5.74, 6) is 2.69. The largest absolute Gasteiger partial charge is 0.383 e. The van der Waals surface area contributed by atoms with Gasteiger partial charge in [0.2, 0.25) is 0 Å². The van der Waals surface area contributed by atoms with E-state index in [-0.39, 0.29) is 0 Å². The van der Waals surface area contributed by atoms with Gasteiger partial charge in [0, 0.05) is 44.9 Å². The molecule has 0 spiro atoms. The molecule has 100 valence electrons. The molecule has 1 N–H and O–H groups in total. The minimum atomic E-state index is 0.737. The third-order valence-corrected chi connectivity index (χ3v) is 3.15. The minimum absolute atomic E-state index is 0.737. The van der Waals surface area contributed by atoms with Gasteiger partial charge in [0.25, 0.3) is 0 Å². The molecule has 19 heavy (non-hydrogen) atoms. The maximum Gasteiger partial charge on any atom is 0.0587 e. The molecule has 0 saturated carbocycles. The number of fused-ring (bicyclic) bond motifs is 1. The van der Waals surface area contributed by atoms with Crippen molar-refractivity contribution in [2.24, 2.45) is 0 Å². The summed E-state index contributed by atoms with van der Waals surface area (Å²) in [4.78, 5) is 0. The number of methoxy groups -OCH3 is 1. The molecular weight excluding hydrogens is 236 g/mol. The van der Waals surface area contributed by atoms with E-state index in [1.165, 1.54) is 16.5 Å². The molecule has 1 aromatic heterocycles. The molecule has 1 heterocycles. The van der Waals surface area contributed by atoms with Crippen LogP contribution in [0.5, 0.6) is 0 Å². The molecule has 3 heteroatoms. The Balaban J connectivity index is 2.07. The summed E-state index contributed by atoms with van der Waals surface area (Å²) in [6, 6.07) is 8.68. The van der Waals surface area contributed by atoms with Crippen LogP contribution in [0, 0.1) is 12.3 Å². The molecule has 3 nitrogen and oxygen atoms in total. The van der Waals surface area contributed by atoms with Crippen molar-refractivity contribution >= 4 is 10.9 Å². The van der Waals surface area contributed by atoms with Gasteiger partial charge >= 0.3 is 0 Å². The smallest absolute Gasteiger partial charge is 0.0587 e. The van der Waals surface area contributed by atoms with Gasteiger partial charge in [0.05, 0.1) is 6.61 Å². The topological polar surface area (TPSA) is 26.2 Å². The maximum atomic E-state index is 5.33. The van der Waals surface area contributed by atoms with Crippen molar-refractivity contribution < 1.29 is 4.74 Å². The molecule has 0 fully saturated rings. The first-order chi connectivity index (χ1) is 9.35. The number of hydrogen-bond acceptors (Lipinski definition) is 2. The summed E-state index contributed by atoms with van der Waals surface area (Å²) in [7, 11) is 1.71. The first-order valence-corrected chi connectivity index (χ1v) is 6.56. The number of nitrogens with one attached hydrogen (secondary N) is 1. The van der Waals surface area contributed by atoms with E-state index in [1.807, 2.05) is 0 Å². The second-order valence-corrected chi connectivity index (χ2v) is 4.53. The Hall–Kier alpha value is -1.76. The van der Waals surface area contributed by atoms with Gasteiger partial charge in [0.1, 0.15) is 0 Å². The fraction of sp³-hybridized carbons (Fsp3) is 0.375. The fourth-order valence-electron chi connectivity index (χ4n) is 2.13. The standard InChI is InChI=1S/C16H20N2O/c1-3-4-9-18-10-7-15-6-5-14(12-16(15)18)13-17-8-11-19-2/h1,5-7,10,12,17H,4,8-9,11,13H2,2H3. The average Bonchev–Trinajstić information content (AvgIpc) is 2.84. The van der Waals surface area contributed by atoms with Gasteiger partial charge < -0.3 is 14.6 Å². The third kappa shape index (κ3) is 3.60. The number of rotatable bonds is 7. The van der Waals surface area contributed by atoms with E-state index in [4.69, 9.17) is 11.2 Å². The van der Waals surface area contributed by atoms with E-state index >= 15 is 0 Å². The van der Waals surface area contributed by atoms with Gasteiger partial charge in [0.15, 0.2) is 0 Å². The van der Waals surface area contributed by atoms with Gasteiger partial charge in [-0.3, -0.25) is 0 Å². The van der Waals surface area contributed by atoms with Crippen LogP contribution in [0.1, 0.15) is 12.0 Å².